The fourth-order valence-electron chi connectivity index (χ4n) is 2.02. The molecule has 1 aromatic carbocycles. The summed E-state index contributed by atoms with van der Waals surface area (Å²) in [5.74, 6) is -0.138. The lowest BCUT2D eigenvalue weighted by Gasteiger charge is -2.09. The average Bonchev–Trinajstić information content (AvgIpc) is 2.55. The fourth-order valence-corrected chi connectivity index (χ4v) is 2.15. The van der Waals surface area contributed by atoms with E-state index in [4.69, 9.17) is 16.3 Å². The second kappa shape index (κ2) is 6.62. The molecule has 0 unspecified atom stereocenters. The first-order chi connectivity index (χ1) is 11.1. The van der Waals surface area contributed by atoms with Crippen LogP contribution in [0, 0.1) is 5.95 Å². The van der Waals surface area contributed by atoms with Crippen molar-refractivity contribution >= 4 is 11.6 Å². The second-order valence-corrected chi connectivity index (χ2v) is 5.26. The Morgan fingerprint density at radius 3 is 2.57 bits per heavy atom. The van der Waals surface area contributed by atoms with Gasteiger partial charge in [-0.1, -0.05) is 23.7 Å². The molecule has 0 aliphatic heterocycles. The van der Waals surface area contributed by atoms with Crippen LogP contribution in [0.5, 0.6) is 5.75 Å². The standard InChI is InChI=1S/C17H12ClFN2O2/c18-13-3-1-12(2-4-13)11-23-15-7-8-21(17(22)9-15)14-5-6-16(19)20-10-14/h1-10H,11H2. The molecule has 0 saturated carbocycles. The number of pyridine rings is 2. The molecule has 0 radical (unpaired) electrons. The highest BCUT2D eigenvalue weighted by molar-refractivity contribution is 6.30. The number of benzene rings is 1. The van der Waals surface area contributed by atoms with E-state index >= 15 is 0 Å². The van der Waals surface area contributed by atoms with E-state index in [1.165, 1.54) is 29.0 Å². The third kappa shape index (κ3) is 3.76. The van der Waals surface area contributed by atoms with E-state index in [-0.39, 0.29) is 5.56 Å². The molecule has 0 aliphatic rings. The molecular formula is C17H12ClFN2O2. The summed E-state index contributed by atoms with van der Waals surface area (Å²) in [6.45, 7) is 0.332. The summed E-state index contributed by atoms with van der Waals surface area (Å²) in [5.41, 5.74) is 1.15. The third-order valence-corrected chi connectivity index (χ3v) is 3.45. The molecule has 2 aromatic heterocycles. The fraction of sp³-hybridized carbons (Fsp3) is 0.0588. The number of nitrogens with zero attached hydrogens (tertiary/aromatic N) is 2. The summed E-state index contributed by atoms with van der Waals surface area (Å²) in [4.78, 5) is 15.7. The summed E-state index contributed by atoms with van der Waals surface area (Å²) < 4.78 is 19.8. The first-order valence-electron chi connectivity index (χ1n) is 6.84. The zero-order valence-electron chi connectivity index (χ0n) is 11.9. The first-order valence-corrected chi connectivity index (χ1v) is 7.21. The molecule has 0 bridgehead atoms. The minimum atomic E-state index is -0.593. The zero-order chi connectivity index (χ0) is 16.2. The van der Waals surface area contributed by atoms with Gasteiger partial charge in [-0.05, 0) is 35.9 Å². The zero-order valence-corrected chi connectivity index (χ0v) is 12.7. The molecule has 6 heteroatoms. The van der Waals surface area contributed by atoms with Gasteiger partial charge in [0, 0.05) is 17.3 Å². The lowest BCUT2D eigenvalue weighted by Crippen LogP contribution is -2.17. The SMILES string of the molecule is O=c1cc(OCc2ccc(Cl)cc2)ccn1-c1ccc(F)nc1. The summed E-state index contributed by atoms with van der Waals surface area (Å²) in [7, 11) is 0. The van der Waals surface area contributed by atoms with E-state index in [0.29, 0.717) is 23.1 Å². The predicted molar refractivity (Wildman–Crippen MR) is 85.6 cm³/mol. The Labute approximate surface area is 136 Å². The van der Waals surface area contributed by atoms with Gasteiger partial charge in [-0.25, -0.2) is 4.98 Å². The molecule has 0 aliphatic carbocycles. The van der Waals surface area contributed by atoms with Crippen LogP contribution >= 0.6 is 11.6 Å². The number of ether oxygens (including phenoxy) is 1. The van der Waals surface area contributed by atoms with Crippen molar-refractivity contribution in [2.75, 3.05) is 0 Å². The van der Waals surface area contributed by atoms with Crippen molar-refractivity contribution in [3.8, 4) is 11.4 Å². The number of rotatable bonds is 4. The molecule has 0 amide bonds. The van der Waals surface area contributed by atoms with Gasteiger partial charge in [0.25, 0.3) is 5.56 Å². The molecule has 116 valence electrons. The number of aromatic nitrogens is 2. The Hall–Kier alpha value is -2.66. The molecule has 0 spiro atoms. The van der Waals surface area contributed by atoms with Crippen molar-refractivity contribution in [3.63, 3.8) is 0 Å². The van der Waals surface area contributed by atoms with Gasteiger partial charge >= 0.3 is 0 Å². The van der Waals surface area contributed by atoms with Gasteiger partial charge in [0.05, 0.1) is 11.9 Å². The highest BCUT2D eigenvalue weighted by atomic mass is 35.5. The smallest absolute Gasteiger partial charge is 0.258 e. The van der Waals surface area contributed by atoms with Crippen LogP contribution in [-0.2, 0) is 6.61 Å². The number of hydrogen-bond acceptors (Lipinski definition) is 3. The van der Waals surface area contributed by atoms with Gasteiger partial charge < -0.3 is 4.74 Å². The molecule has 23 heavy (non-hydrogen) atoms. The second-order valence-electron chi connectivity index (χ2n) is 4.82. The molecule has 0 atom stereocenters. The van der Waals surface area contributed by atoms with Crippen LogP contribution in [0.2, 0.25) is 5.02 Å². The van der Waals surface area contributed by atoms with Crippen molar-refractivity contribution in [1.82, 2.24) is 9.55 Å². The third-order valence-electron chi connectivity index (χ3n) is 3.20. The molecule has 3 aromatic rings. The van der Waals surface area contributed by atoms with Crippen LogP contribution in [0.4, 0.5) is 4.39 Å². The molecule has 0 saturated heterocycles. The van der Waals surface area contributed by atoms with Crippen LogP contribution in [0.25, 0.3) is 5.69 Å². The summed E-state index contributed by atoms with van der Waals surface area (Å²) >= 11 is 5.82. The van der Waals surface area contributed by atoms with Gasteiger partial charge in [0.1, 0.15) is 12.4 Å². The van der Waals surface area contributed by atoms with Crippen LogP contribution in [-0.4, -0.2) is 9.55 Å². The molecular weight excluding hydrogens is 319 g/mol. The maximum atomic E-state index is 12.8. The Kier molecular flexibility index (Phi) is 4.39. The maximum Gasteiger partial charge on any atom is 0.258 e. The van der Waals surface area contributed by atoms with Gasteiger partial charge in [0.2, 0.25) is 5.95 Å². The van der Waals surface area contributed by atoms with Crippen LogP contribution in [0.1, 0.15) is 5.56 Å². The lowest BCUT2D eigenvalue weighted by molar-refractivity contribution is 0.305. The minimum Gasteiger partial charge on any atom is -0.489 e. The Morgan fingerprint density at radius 1 is 1.13 bits per heavy atom. The Morgan fingerprint density at radius 2 is 1.91 bits per heavy atom. The molecule has 0 fully saturated rings. The lowest BCUT2D eigenvalue weighted by atomic mass is 10.2. The minimum absolute atomic E-state index is 0.285. The van der Waals surface area contributed by atoms with Crippen molar-refractivity contribution in [3.05, 3.63) is 87.8 Å². The van der Waals surface area contributed by atoms with Crippen molar-refractivity contribution < 1.29 is 9.13 Å². The topological polar surface area (TPSA) is 44.1 Å². The number of hydrogen-bond donors (Lipinski definition) is 0. The molecule has 3 rings (SSSR count). The Balaban J connectivity index is 1.75. The summed E-state index contributed by atoms with van der Waals surface area (Å²) in [5, 5.41) is 0.657. The molecule has 0 N–H and O–H groups in total. The van der Waals surface area contributed by atoms with E-state index in [1.807, 2.05) is 12.1 Å². The highest BCUT2D eigenvalue weighted by Crippen LogP contribution is 2.14. The van der Waals surface area contributed by atoms with Gasteiger partial charge in [0.15, 0.2) is 0 Å². The van der Waals surface area contributed by atoms with E-state index in [1.54, 1.807) is 24.4 Å². The average molecular weight is 331 g/mol. The maximum absolute atomic E-state index is 12.8. The largest absolute Gasteiger partial charge is 0.489 e. The van der Waals surface area contributed by atoms with E-state index < -0.39 is 5.95 Å². The first kappa shape index (κ1) is 15.2. The van der Waals surface area contributed by atoms with Gasteiger partial charge in [-0.2, -0.15) is 4.39 Å². The van der Waals surface area contributed by atoms with Crippen LogP contribution in [0.15, 0.2) is 65.7 Å². The van der Waals surface area contributed by atoms with Crippen molar-refractivity contribution in [2.24, 2.45) is 0 Å². The number of halogens is 2. The molecule has 2 heterocycles. The van der Waals surface area contributed by atoms with Gasteiger partial charge in [-0.3, -0.25) is 9.36 Å². The monoisotopic (exact) mass is 330 g/mol. The van der Waals surface area contributed by atoms with Crippen LogP contribution in [0.3, 0.4) is 0 Å². The van der Waals surface area contributed by atoms with Crippen molar-refractivity contribution in [1.29, 1.82) is 0 Å². The van der Waals surface area contributed by atoms with E-state index in [9.17, 15) is 9.18 Å². The predicted octanol–water partition coefficient (Wildman–Crippen LogP) is 3.60. The summed E-state index contributed by atoms with van der Waals surface area (Å²) in [6, 6.07) is 13.0. The normalized spacial score (nSPS) is 10.5. The van der Waals surface area contributed by atoms with E-state index in [2.05, 4.69) is 4.98 Å². The molecule has 4 nitrogen and oxygen atoms in total. The quantitative estimate of drug-likeness (QED) is 0.686. The van der Waals surface area contributed by atoms with Crippen molar-refractivity contribution in [2.45, 2.75) is 6.61 Å². The Bertz CT molecular complexity index is 861. The van der Waals surface area contributed by atoms with Crippen LogP contribution < -0.4 is 10.3 Å². The highest BCUT2D eigenvalue weighted by Gasteiger charge is 2.03. The van der Waals surface area contributed by atoms with Gasteiger partial charge in [-0.15, -0.1) is 0 Å². The van der Waals surface area contributed by atoms with E-state index in [0.717, 1.165) is 5.56 Å². The summed E-state index contributed by atoms with van der Waals surface area (Å²) in [6.07, 6.45) is 2.86.